The Morgan fingerprint density at radius 3 is 2.81 bits per heavy atom. The zero-order chi connectivity index (χ0) is 11.8. The zero-order valence-corrected chi connectivity index (χ0v) is 9.45. The number of hydrogen-bond donors (Lipinski definition) is 2. The van der Waals surface area contributed by atoms with Crippen LogP contribution in [-0.2, 0) is 11.2 Å². The quantitative estimate of drug-likeness (QED) is 0.830. The van der Waals surface area contributed by atoms with Crippen LogP contribution in [0.15, 0.2) is 30.5 Å². The van der Waals surface area contributed by atoms with Crippen LogP contribution in [0.4, 0.5) is 0 Å². The Balaban J connectivity index is 2.41. The molecule has 0 aliphatic heterocycles. The van der Waals surface area contributed by atoms with E-state index in [0.717, 1.165) is 16.5 Å². The first-order valence-electron chi connectivity index (χ1n) is 5.29. The minimum atomic E-state index is -0.768. The summed E-state index contributed by atoms with van der Waals surface area (Å²) in [6.07, 6.45) is 2.40. The van der Waals surface area contributed by atoms with E-state index >= 15 is 0 Å². The molecule has 3 heteroatoms. The Labute approximate surface area is 94.1 Å². The number of carbonyl (C=O) groups is 1. The lowest BCUT2D eigenvalue weighted by Gasteiger charge is -2.19. The summed E-state index contributed by atoms with van der Waals surface area (Å²) in [6.45, 7) is 3.49. The summed E-state index contributed by atoms with van der Waals surface area (Å²) < 4.78 is 0. The second-order valence-electron chi connectivity index (χ2n) is 4.72. The molecule has 2 rings (SSSR count). The van der Waals surface area contributed by atoms with Crippen LogP contribution in [-0.4, -0.2) is 16.1 Å². The molecule has 0 radical (unpaired) electrons. The fourth-order valence-corrected chi connectivity index (χ4v) is 1.85. The Hall–Kier alpha value is -1.77. The largest absolute Gasteiger partial charge is 0.481 e. The fraction of sp³-hybridized carbons (Fsp3) is 0.308. The maximum absolute atomic E-state index is 11.1. The highest BCUT2D eigenvalue weighted by atomic mass is 16.4. The van der Waals surface area contributed by atoms with Crippen molar-refractivity contribution in [3.8, 4) is 0 Å². The van der Waals surface area contributed by atoms with Crippen LogP contribution in [0.1, 0.15) is 19.4 Å². The second-order valence-corrected chi connectivity index (χ2v) is 4.72. The minimum Gasteiger partial charge on any atom is -0.481 e. The SMILES string of the molecule is CC(C)(Cc1cccc2cc[nH]c12)C(=O)O. The number of hydrogen-bond acceptors (Lipinski definition) is 1. The van der Waals surface area contributed by atoms with Crippen LogP contribution >= 0.6 is 0 Å². The normalized spacial score (nSPS) is 11.9. The van der Waals surface area contributed by atoms with Gasteiger partial charge in [-0.25, -0.2) is 0 Å². The van der Waals surface area contributed by atoms with Crippen LogP contribution < -0.4 is 0 Å². The third-order valence-corrected chi connectivity index (χ3v) is 2.88. The molecule has 0 aliphatic carbocycles. The molecule has 16 heavy (non-hydrogen) atoms. The topological polar surface area (TPSA) is 53.1 Å². The zero-order valence-electron chi connectivity index (χ0n) is 9.45. The van der Waals surface area contributed by atoms with Gasteiger partial charge in [-0.1, -0.05) is 18.2 Å². The second kappa shape index (κ2) is 3.67. The summed E-state index contributed by atoms with van der Waals surface area (Å²) in [5.41, 5.74) is 1.35. The summed E-state index contributed by atoms with van der Waals surface area (Å²) >= 11 is 0. The highest BCUT2D eigenvalue weighted by Crippen LogP contribution is 2.26. The molecule has 0 saturated heterocycles. The van der Waals surface area contributed by atoms with Crippen molar-refractivity contribution in [2.45, 2.75) is 20.3 Å². The molecule has 0 atom stereocenters. The maximum atomic E-state index is 11.1. The number of benzene rings is 1. The number of rotatable bonds is 3. The molecular formula is C13H15NO2. The third-order valence-electron chi connectivity index (χ3n) is 2.88. The lowest BCUT2D eigenvalue weighted by atomic mass is 9.85. The number of carboxylic acids is 1. The van der Waals surface area contributed by atoms with Gasteiger partial charge in [0.1, 0.15) is 0 Å². The summed E-state index contributed by atoms with van der Waals surface area (Å²) in [5, 5.41) is 10.2. The predicted molar refractivity (Wildman–Crippen MR) is 63.4 cm³/mol. The van der Waals surface area contributed by atoms with E-state index in [1.54, 1.807) is 13.8 Å². The molecule has 0 aliphatic rings. The average Bonchev–Trinajstić information content (AvgIpc) is 2.65. The van der Waals surface area contributed by atoms with Crippen LogP contribution in [0.25, 0.3) is 10.9 Å². The Morgan fingerprint density at radius 2 is 2.12 bits per heavy atom. The monoisotopic (exact) mass is 217 g/mol. The number of fused-ring (bicyclic) bond motifs is 1. The molecule has 3 nitrogen and oxygen atoms in total. The number of aromatic amines is 1. The summed E-state index contributed by atoms with van der Waals surface area (Å²) in [7, 11) is 0. The minimum absolute atomic E-state index is 0.528. The van der Waals surface area contributed by atoms with Crippen molar-refractivity contribution in [1.82, 2.24) is 4.98 Å². The first-order valence-corrected chi connectivity index (χ1v) is 5.29. The Kier molecular flexibility index (Phi) is 2.46. The molecule has 1 aromatic carbocycles. The van der Waals surface area contributed by atoms with Gasteiger partial charge in [-0.3, -0.25) is 4.79 Å². The molecule has 0 saturated carbocycles. The smallest absolute Gasteiger partial charge is 0.309 e. The number of carboxylic acid groups (broad SMARTS) is 1. The first kappa shape index (κ1) is 10.7. The highest BCUT2D eigenvalue weighted by molar-refractivity contribution is 5.83. The standard InChI is InChI=1S/C13H15NO2/c1-13(2,12(15)16)8-10-5-3-4-9-6-7-14-11(9)10/h3-7,14H,8H2,1-2H3,(H,15,16). The van der Waals surface area contributed by atoms with Crippen molar-refractivity contribution >= 4 is 16.9 Å². The van der Waals surface area contributed by atoms with Crippen LogP contribution in [0.2, 0.25) is 0 Å². The molecule has 2 N–H and O–H groups in total. The molecule has 1 aromatic heterocycles. The van der Waals surface area contributed by atoms with E-state index in [1.807, 2.05) is 30.5 Å². The Bertz CT molecular complexity index is 525. The molecular weight excluding hydrogens is 202 g/mol. The number of nitrogens with one attached hydrogen (secondary N) is 1. The van der Waals surface area contributed by atoms with Crippen LogP contribution in [0.3, 0.4) is 0 Å². The number of para-hydroxylation sites is 1. The number of H-pyrrole nitrogens is 1. The van der Waals surface area contributed by atoms with Crippen LogP contribution in [0.5, 0.6) is 0 Å². The lowest BCUT2D eigenvalue weighted by molar-refractivity contribution is -0.146. The Morgan fingerprint density at radius 1 is 1.38 bits per heavy atom. The summed E-state index contributed by atoms with van der Waals surface area (Å²) in [6, 6.07) is 7.95. The molecule has 0 amide bonds. The van der Waals surface area contributed by atoms with Gasteiger partial charge in [-0.15, -0.1) is 0 Å². The average molecular weight is 217 g/mol. The van der Waals surface area contributed by atoms with E-state index in [-0.39, 0.29) is 0 Å². The first-order chi connectivity index (χ1) is 7.50. The van der Waals surface area contributed by atoms with Crippen molar-refractivity contribution in [2.24, 2.45) is 5.41 Å². The van der Waals surface area contributed by atoms with Gasteiger partial charge in [0.2, 0.25) is 0 Å². The molecule has 84 valence electrons. The lowest BCUT2D eigenvalue weighted by Crippen LogP contribution is -2.26. The van der Waals surface area contributed by atoms with Crippen molar-refractivity contribution in [3.05, 3.63) is 36.0 Å². The van der Waals surface area contributed by atoms with Gasteiger partial charge in [0.15, 0.2) is 0 Å². The number of aliphatic carboxylic acids is 1. The summed E-state index contributed by atoms with van der Waals surface area (Å²) in [5.74, 6) is -0.768. The van der Waals surface area contributed by atoms with E-state index in [9.17, 15) is 4.79 Å². The molecule has 0 bridgehead atoms. The molecule has 1 heterocycles. The van der Waals surface area contributed by atoms with Crippen LogP contribution in [0, 0.1) is 5.41 Å². The highest BCUT2D eigenvalue weighted by Gasteiger charge is 2.28. The maximum Gasteiger partial charge on any atom is 0.309 e. The molecule has 0 unspecified atom stereocenters. The van der Waals surface area contributed by atoms with Gasteiger partial charge >= 0.3 is 5.97 Å². The van der Waals surface area contributed by atoms with Crippen molar-refractivity contribution < 1.29 is 9.90 Å². The van der Waals surface area contributed by atoms with Gasteiger partial charge in [0.05, 0.1) is 5.41 Å². The van der Waals surface area contributed by atoms with E-state index in [0.29, 0.717) is 6.42 Å². The van der Waals surface area contributed by atoms with Crippen molar-refractivity contribution in [2.75, 3.05) is 0 Å². The van der Waals surface area contributed by atoms with E-state index in [2.05, 4.69) is 4.98 Å². The van der Waals surface area contributed by atoms with E-state index in [1.165, 1.54) is 0 Å². The van der Waals surface area contributed by atoms with E-state index in [4.69, 9.17) is 5.11 Å². The van der Waals surface area contributed by atoms with Gasteiger partial charge in [0, 0.05) is 11.7 Å². The molecule has 2 aromatic rings. The van der Waals surface area contributed by atoms with Gasteiger partial charge in [-0.05, 0) is 37.3 Å². The number of aromatic nitrogens is 1. The van der Waals surface area contributed by atoms with Gasteiger partial charge in [0.25, 0.3) is 0 Å². The molecule has 0 spiro atoms. The van der Waals surface area contributed by atoms with E-state index < -0.39 is 11.4 Å². The predicted octanol–water partition coefficient (Wildman–Crippen LogP) is 2.82. The van der Waals surface area contributed by atoms with Gasteiger partial charge < -0.3 is 10.1 Å². The third kappa shape index (κ3) is 1.81. The summed E-state index contributed by atoms with van der Waals surface area (Å²) in [4.78, 5) is 14.2. The van der Waals surface area contributed by atoms with Gasteiger partial charge in [-0.2, -0.15) is 0 Å². The van der Waals surface area contributed by atoms with Crippen molar-refractivity contribution in [1.29, 1.82) is 0 Å². The molecule has 0 fully saturated rings. The van der Waals surface area contributed by atoms with Crippen molar-refractivity contribution in [3.63, 3.8) is 0 Å². The fourth-order valence-electron chi connectivity index (χ4n) is 1.85.